The Kier molecular flexibility index (Phi) is 4.28. The van der Waals surface area contributed by atoms with Crippen LogP contribution in [0.2, 0.25) is 0 Å². The summed E-state index contributed by atoms with van der Waals surface area (Å²) in [5.41, 5.74) is 0. The number of rotatable bonds is 4. The van der Waals surface area contributed by atoms with E-state index in [-0.39, 0.29) is 0 Å². The minimum Gasteiger partial charge on any atom is -0.348 e. The average Bonchev–Trinajstić information content (AvgIpc) is 2.54. The van der Waals surface area contributed by atoms with Crippen LogP contribution in [0.1, 0.15) is 20.3 Å². The molecule has 1 rings (SSSR count). The number of halogens is 9. The van der Waals surface area contributed by atoms with Crippen molar-refractivity contribution in [1.29, 1.82) is 0 Å². The second-order valence-electron chi connectivity index (χ2n) is 5.01. The predicted octanol–water partition coefficient (Wildman–Crippen LogP) is 4.00. The third-order valence-corrected chi connectivity index (χ3v) is 2.76. The molecule has 0 aromatic rings. The summed E-state index contributed by atoms with van der Waals surface area (Å²) in [7, 11) is 0. The zero-order chi connectivity index (χ0) is 16.9. The van der Waals surface area contributed by atoms with Gasteiger partial charge in [-0.05, 0) is 13.8 Å². The summed E-state index contributed by atoms with van der Waals surface area (Å²) in [5, 5.41) is 0. The molecular weight excluding hydrogens is 323 g/mol. The van der Waals surface area contributed by atoms with E-state index in [0.29, 0.717) is 0 Å². The van der Waals surface area contributed by atoms with E-state index >= 15 is 0 Å². The molecule has 1 heterocycles. The Morgan fingerprint density at radius 2 is 1.38 bits per heavy atom. The summed E-state index contributed by atoms with van der Waals surface area (Å²) in [6, 6.07) is 0. The van der Waals surface area contributed by atoms with E-state index < -0.39 is 48.9 Å². The van der Waals surface area contributed by atoms with E-state index in [9.17, 15) is 39.5 Å². The number of alkyl halides is 9. The molecule has 0 radical (unpaired) electrons. The molecule has 0 bridgehead atoms. The van der Waals surface area contributed by atoms with Gasteiger partial charge in [0.05, 0.1) is 12.7 Å². The van der Waals surface area contributed by atoms with Crippen molar-refractivity contribution in [2.45, 2.75) is 56.1 Å². The summed E-state index contributed by atoms with van der Waals surface area (Å²) in [5.74, 6) is -20.5. The van der Waals surface area contributed by atoms with Crippen molar-refractivity contribution in [3.63, 3.8) is 0 Å². The number of hydrogen-bond acceptors (Lipinski definition) is 2. The van der Waals surface area contributed by atoms with Crippen molar-refractivity contribution in [1.82, 2.24) is 0 Å². The molecular formula is C10H11F9O2. The standard InChI is InChI=1S/C10H11F9O2/c1-6(2)20-4-5(21-6)3-7(11,12)8(13,14)9(15,16)10(17,18)19/h5H,3-4H2,1-2H3. The van der Waals surface area contributed by atoms with Gasteiger partial charge in [-0.15, -0.1) is 0 Å². The molecule has 11 heteroatoms. The van der Waals surface area contributed by atoms with Gasteiger partial charge in [-0.1, -0.05) is 0 Å². The summed E-state index contributed by atoms with van der Waals surface area (Å²) >= 11 is 0. The van der Waals surface area contributed by atoms with E-state index in [0.717, 1.165) is 0 Å². The topological polar surface area (TPSA) is 18.5 Å². The average molecular weight is 334 g/mol. The van der Waals surface area contributed by atoms with Crippen molar-refractivity contribution in [3.05, 3.63) is 0 Å². The minimum atomic E-state index is -6.88. The Morgan fingerprint density at radius 1 is 0.905 bits per heavy atom. The lowest BCUT2D eigenvalue weighted by atomic mass is 9.98. The van der Waals surface area contributed by atoms with Gasteiger partial charge in [0.25, 0.3) is 0 Å². The van der Waals surface area contributed by atoms with Crippen LogP contribution in [0.15, 0.2) is 0 Å². The van der Waals surface area contributed by atoms with Crippen LogP contribution in [-0.2, 0) is 9.47 Å². The van der Waals surface area contributed by atoms with E-state index in [4.69, 9.17) is 9.47 Å². The molecule has 0 aromatic carbocycles. The van der Waals surface area contributed by atoms with Crippen molar-refractivity contribution < 1.29 is 49.0 Å². The Labute approximate surface area is 113 Å². The number of ether oxygens (including phenoxy) is 2. The molecule has 21 heavy (non-hydrogen) atoms. The van der Waals surface area contributed by atoms with Crippen LogP contribution in [0.3, 0.4) is 0 Å². The fourth-order valence-electron chi connectivity index (χ4n) is 1.69. The third-order valence-electron chi connectivity index (χ3n) is 2.76. The highest BCUT2D eigenvalue weighted by atomic mass is 19.4. The van der Waals surface area contributed by atoms with E-state index in [1.165, 1.54) is 13.8 Å². The second kappa shape index (κ2) is 4.90. The van der Waals surface area contributed by atoms with Gasteiger partial charge in [0, 0.05) is 6.42 Å². The fourth-order valence-corrected chi connectivity index (χ4v) is 1.69. The first kappa shape index (κ1) is 18.3. The monoisotopic (exact) mass is 334 g/mol. The summed E-state index contributed by atoms with van der Waals surface area (Å²) in [6.07, 6.45) is -10.6. The molecule has 1 aliphatic rings. The normalized spacial score (nSPS) is 24.4. The molecule has 2 nitrogen and oxygen atoms in total. The van der Waals surface area contributed by atoms with Gasteiger partial charge in [-0.25, -0.2) is 0 Å². The van der Waals surface area contributed by atoms with Crippen molar-refractivity contribution >= 4 is 0 Å². The molecule has 0 aliphatic carbocycles. The molecule has 1 unspecified atom stereocenters. The molecule has 0 aromatic heterocycles. The van der Waals surface area contributed by atoms with Crippen LogP contribution in [-0.4, -0.2) is 42.4 Å². The molecule has 0 N–H and O–H groups in total. The van der Waals surface area contributed by atoms with Gasteiger partial charge < -0.3 is 9.47 Å². The third kappa shape index (κ3) is 3.22. The van der Waals surface area contributed by atoms with Crippen molar-refractivity contribution in [2.24, 2.45) is 0 Å². The molecule has 0 spiro atoms. The van der Waals surface area contributed by atoms with Crippen LogP contribution in [0.4, 0.5) is 39.5 Å². The Hall–Kier alpha value is -0.710. The Morgan fingerprint density at radius 3 is 1.71 bits per heavy atom. The van der Waals surface area contributed by atoms with E-state index in [1.807, 2.05) is 0 Å². The molecule has 0 amide bonds. The summed E-state index contributed by atoms with van der Waals surface area (Å²) in [4.78, 5) is 0. The molecule has 0 saturated carbocycles. The number of hydrogen-bond donors (Lipinski definition) is 0. The Balaban J connectivity index is 2.95. The first-order chi connectivity index (χ1) is 9.04. The van der Waals surface area contributed by atoms with Gasteiger partial charge in [0.15, 0.2) is 5.79 Å². The van der Waals surface area contributed by atoms with Crippen LogP contribution in [0.5, 0.6) is 0 Å². The maximum atomic E-state index is 13.3. The van der Waals surface area contributed by atoms with Crippen LogP contribution in [0.25, 0.3) is 0 Å². The summed E-state index contributed by atoms with van der Waals surface area (Å²) < 4.78 is 123. The lowest BCUT2D eigenvalue weighted by molar-refractivity contribution is -0.398. The highest BCUT2D eigenvalue weighted by Gasteiger charge is 2.81. The van der Waals surface area contributed by atoms with Crippen molar-refractivity contribution in [2.75, 3.05) is 6.61 Å². The van der Waals surface area contributed by atoms with E-state index in [1.54, 1.807) is 0 Å². The molecule has 1 fully saturated rings. The largest absolute Gasteiger partial charge is 0.460 e. The Bertz CT molecular complexity index is 388. The van der Waals surface area contributed by atoms with Crippen LogP contribution >= 0.6 is 0 Å². The molecule has 1 aliphatic heterocycles. The van der Waals surface area contributed by atoms with Crippen molar-refractivity contribution in [3.8, 4) is 0 Å². The SMILES string of the molecule is CC1(C)OCC(CC(F)(F)C(F)(F)C(F)(F)C(F)(F)F)O1. The first-order valence-electron chi connectivity index (χ1n) is 5.55. The van der Waals surface area contributed by atoms with Gasteiger partial charge in [-0.2, -0.15) is 39.5 Å². The molecule has 1 atom stereocenters. The highest BCUT2D eigenvalue weighted by Crippen LogP contribution is 2.54. The van der Waals surface area contributed by atoms with Gasteiger partial charge >= 0.3 is 23.9 Å². The minimum absolute atomic E-state index is 0.629. The molecule has 1 saturated heterocycles. The zero-order valence-corrected chi connectivity index (χ0v) is 10.7. The second-order valence-corrected chi connectivity index (χ2v) is 5.01. The zero-order valence-electron chi connectivity index (χ0n) is 10.7. The fraction of sp³-hybridized carbons (Fsp3) is 1.00. The summed E-state index contributed by atoms with van der Waals surface area (Å²) in [6.45, 7) is 1.86. The van der Waals surface area contributed by atoms with Crippen LogP contribution < -0.4 is 0 Å². The molecule has 126 valence electrons. The first-order valence-corrected chi connectivity index (χ1v) is 5.55. The van der Waals surface area contributed by atoms with Gasteiger partial charge in [0.2, 0.25) is 0 Å². The predicted molar refractivity (Wildman–Crippen MR) is 50.4 cm³/mol. The lowest BCUT2D eigenvalue weighted by Gasteiger charge is -2.34. The maximum absolute atomic E-state index is 13.3. The highest BCUT2D eigenvalue weighted by molar-refractivity contribution is 5.01. The van der Waals surface area contributed by atoms with Gasteiger partial charge in [-0.3, -0.25) is 0 Å². The quantitative estimate of drug-likeness (QED) is 0.724. The van der Waals surface area contributed by atoms with Crippen LogP contribution in [0, 0.1) is 0 Å². The van der Waals surface area contributed by atoms with E-state index in [2.05, 4.69) is 0 Å². The smallest absolute Gasteiger partial charge is 0.348 e. The van der Waals surface area contributed by atoms with Gasteiger partial charge in [0.1, 0.15) is 0 Å². The lowest BCUT2D eigenvalue weighted by Crippen LogP contribution is -2.61. The maximum Gasteiger partial charge on any atom is 0.460 e.